The Morgan fingerprint density at radius 3 is 2.62 bits per heavy atom. The lowest BCUT2D eigenvalue weighted by Crippen LogP contribution is -2.25. The van der Waals surface area contributed by atoms with Crippen molar-refractivity contribution in [2.24, 2.45) is 5.73 Å². The van der Waals surface area contributed by atoms with Crippen molar-refractivity contribution in [3.8, 4) is 0 Å². The highest BCUT2D eigenvalue weighted by atomic mass is 19.1. The van der Waals surface area contributed by atoms with Gasteiger partial charge in [-0.3, -0.25) is 9.13 Å². The van der Waals surface area contributed by atoms with E-state index in [1.165, 1.54) is 12.1 Å². The average molecular weight is 393 g/mol. The number of hydrogen-bond acceptors (Lipinski definition) is 3. The van der Waals surface area contributed by atoms with Crippen LogP contribution in [0.15, 0.2) is 41.2 Å². The van der Waals surface area contributed by atoms with Crippen molar-refractivity contribution in [3.05, 3.63) is 64.1 Å². The number of aromatic nitrogens is 4. The smallest absolute Gasteiger partial charge is 0.326 e. The Bertz CT molecular complexity index is 1280. The Kier molecular flexibility index (Phi) is 4.28. The van der Waals surface area contributed by atoms with Gasteiger partial charge in [-0.1, -0.05) is 13.0 Å². The molecule has 2 N–H and O–H groups in total. The topological polar surface area (TPSA) is 70.8 Å². The first kappa shape index (κ1) is 18.1. The molecular formula is C22H24FN5O. The maximum Gasteiger partial charge on any atom is 0.329 e. The van der Waals surface area contributed by atoms with Gasteiger partial charge in [-0.25, -0.2) is 14.2 Å². The number of aryl methyl sites for hydroxylation is 1. The van der Waals surface area contributed by atoms with Gasteiger partial charge in [-0.2, -0.15) is 0 Å². The fraction of sp³-hybridized carbons (Fsp3) is 0.364. The van der Waals surface area contributed by atoms with E-state index in [2.05, 4.69) is 11.5 Å². The molecule has 0 radical (unpaired) electrons. The molecule has 1 fully saturated rings. The summed E-state index contributed by atoms with van der Waals surface area (Å²) in [5, 5.41) is 0. The molecule has 150 valence electrons. The molecule has 0 aliphatic heterocycles. The van der Waals surface area contributed by atoms with E-state index in [0.29, 0.717) is 18.6 Å². The van der Waals surface area contributed by atoms with Crippen molar-refractivity contribution in [2.75, 3.05) is 0 Å². The van der Waals surface area contributed by atoms with Crippen LogP contribution in [0, 0.1) is 5.82 Å². The van der Waals surface area contributed by atoms with Crippen LogP contribution in [0.2, 0.25) is 0 Å². The third-order valence-corrected chi connectivity index (χ3v) is 5.71. The molecule has 0 amide bonds. The molecule has 1 aliphatic rings. The second-order valence-corrected chi connectivity index (χ2v) is 7.81. The molecular weight excluding hydrogens is 369 g/mol. The van der Waals surface area contributed by atoms with Crippen molar-refractivity contribution in [2.45, 2.75) is 51.9 Å². The third kappa shape index (κ3) is 2.97. The highest BCUT2D eigenvalue weighted by Gasteiger charge is 2.29. The Balaban J connectivity index is 1.69. The van der Waals surface area contributed by atoms with Crippen molar-refractivity contribution < 1.29 is 4.39 Å². The second-order valence-electron chi connectivity index (χ2n) is 7.81. The van der Waals surface area contributed by atoms with Gasteiger partial charge in [0.1, 0.15) is 11.6 Å². The van der Waals surface area contributed by atoms with Crippen molar-refractivity contribution in [1.29, 1.82) is 0 Å². The Labute approximate surface area is 167 Å². The van der Waals surface area contributed by atoms with Crippen LogP contribution in [-0.2, 0) is 19.6 Å². The Morgan fingerprint density at radius 1 is 1.10 bits per heavy atom. The van der Waals surface area contributed by atoms with E-state index in [-0.39, 0.29) is 17.5 Å². The number of rotatable bonds is 6. The van der Waals surface area contributed by atoms with Crippen molar-refractivity contribution in [1.82, 2.24) is 18.7 Å². The predicted octanol–water partition coefficient (Wildman–Crippen LogP) is 3.54. The van der Waals surface area contributed by atoms with Crippen LogP contribution in [0.1, 0.15) is 43.6 Å². The minimum Gasteiger partial charge on any atom is -0.326 e. The molecule has 5 rings (SSSR count). The summed E-state index contributed by atoms with van der Waals surface area (Å²) in [7, 11) is 0. The van der Waals surface area contributed by atoms with Gasteiger partial charge in [0, 0.05) is 19.1 Å². The quantitative estimate of drug-likeness (QED) is 0.545. The molecule has 0 bridgehead atoms. The lowest BCUT2D eigenvalue weighted by Gasteiger charge is -2.09. The van der Waals surface area contributed by atoms with E-state index in [9.17, 15) is 9.18 Å². The lowest BCUT2D eigenvalue weighted by atomic mass is 10.2. The molecule has 2 aromatic carbocycles. The van der Waals surface area contributed by atoms with Gasteiger partial charge in [0.2, 0.25) is 0 Å². The van der Waals surface area contributed by atoms with E-state index in [4.69, 9.17) is 10.7 Å². The molecule has 0 atom stereocenters. The number of nitrogens with zero attached hydrogens (tertiary/aromatic N) is 4. The standard InChI is InChI=1S/C22H24FN5O/c1-2-9-26-18-7-3-14(12-24)10-17(18)25-21(26)13-27-20-11-15(23)4-8-19(20)28(22(27)29)16-5-6-16/h3-4,7-8,10-11,16H,2,5-6,9,12-13,24H2,1H3. The first-order chi connectivity index (χ1) is 14.1. The summed E-state index contributed by atoms with van der Waals surface area (Å²) in [4.78, 5) is 18.0. The summed E-state index contributed by atoms with van der Waals surface area (Å²) < 4.78 is 19.6. The molecule has 29 heavy (non-hydrogen) atoms. The van der Waals surface area contributed by atoms with Crippen LogP contribution < -0.4 is 11.4 Å². The molecule has 1 saturated carbocycles. The lowest BCUT2D eigenvalue weighted by molar-refractivity contribution is 0.606. The molecule has 0 saturated heterocycles. The third-order valence-electron chi connectivity index (χ3n) is 5.71. The van der Waals surface area contributed by atoms with Gasteiger partial charge in [-0.15, -0.1) is 0 Å². The second kappa shape index (κ2) is 6.84. The first-order valence-corrected chi connectivity index (χ1v) is 10.2. The number of nitrogens with two attached hydrogens (primary N) is 1. The number of imidazole rings is 2. The molecule has 6 nitrogen and oxygen atoms in total. The predicted molar refractivity (Wildman–Crippen MR) is 111 cm³/mol. The van der Waals surface area contributed by atoms with Gasteiger partial charge in [0.25, 0.3) is 0 Å². The summed E-state index contributed by atoms with van der Waals surface area (Å²) in [6, 6.07) is 10.9. The van der Waals surface area contributed by atoms with E-state index >= 15 is 0 Å². The zero-order valence-corrected chi connectivity index (χ0v) is 16.4. The number of fused-ring (bicyclic) bond motifs is 2. The molecule has 2 heterocycles. The number of hydrogen-bond donors (Lipinski definition) is 1. The van der Waals surface area contributed by atoms with Crippen LogP contribution in [0.25, 0.3) is 22.1 Å². The highest BCUT2D eigenvalue weighted by molar-refractivity contribution is 5.78. The normalized spacial score (nSPS) is 14.3. The van der Waals surface area contributed by atoms with Crippen LogP contribution >= 0.6 is 0 Å². The van der Waals surface area contributed by atoms with E-state index in [1.807, 2.05) is 22.8 Å². The zero-order chi connectivity index (χ0) is 20.1. The number of halogens is 1. The van der Waals surface area contributed by atoms with Crippen LogP contribution in [0.5, 0.6) is 0 Å². The maximum atomic E-state index is 14.0. The van der Waals surface area contributed by atoms with Gasteiger partial charge < -0.3 is 10.3 Å². The molecule has 0 spiro atoms. The van der Waals surface area contributed by atoms with E-state index in [1.54, 1.807) is 10.6 Å². The fourth-order valence-corrected chi connectivity index (χ4v) is 4.18. The number of benzene rings is 2. The van der Waals surface area contributed by atoms with Crippen LogP contribution in [0.3, 0.4) is 0 Å². The largest absolute Gasteiger partial charge is 0.329 e. The van der Waals surface area contributed by atoms with Crippen LogP contribution in [0.4, 0.5) is 4.39 Å². The average Bonchev–Trinajstić information content (AvgIpc) is 3.45. The highest BCUT2D eigenvalue weighted by Crippen LogP contribution is 2.36. The van der Waals surface area contributed by atoms with Crippen molar-refractivity contribution in [3.63, 3.8) is 0 Å². The van der Waals surface area contributed by atoms with Gasteiger partial charge in [0.15, 0.2) is 0 Å². The summed E-state index contributed by atoms with van der Waals surface area (Å²) in [5.74, 6) is 0.464. The van der Waals surface area contributed by atoms with Gasteiger partial charge in [-0.05, 0) is 55.2 Å². The Hall–Kier alpha value is -2.93. The van der Waals surface area contributed by atoms with Gasteiger partial charge in [0.05, 0.1) is 28.6 Å². The summed E-state index contributed by atoms with van der Waals surface area (Å²) in [6.07, 6.45) is 2.93. The molecule has 1 aliphatic carbocycles. The summed E-state index contributed by atoms with van der Waals surface area (Å²) in [6.45, 7) is 3.69. The Morgan fingerprint density at radius 2 is 1.90 bits per heavy atom. The molecule has 0 unspecified atom stereocenters. The maximum absolute atomic E-state index is 14.0. The first-order valence-electron chi connectivity index (χ1n) is 10.2. The minimum absolute atomic E-state index is 0.0918. The molecule has 4 aromatic rings. The molecule has 2 aromatic heterocycles. The molecule has 7 heteroatoms. The SMILES string of the molecule is CCCn1c(Cn2c(=O)n(C3CC3)c3ccc(F)cc32)nc2cc(CN)ccc21. The summed E-state index contributed by atoms with van der Waals surface area (Å²) >= 11 is 0. The van der Waals surface area contributed by atoms with Gasteiger partial charge >= 0.3 is 5.69 Å². The van der Waals surface area contributed by atoms with E-state index < -0.39 is 0 Å². The van der Waals surface area contributed by atoms with Crippen molar-refractivity contribution >= 4 is 22.1 Å². The minimum atomic E-state index is -0.339. The zero-order valence-electron chi connectivity index (χ0n) is 16.4. The summed E-state index contributed by atoms with van der Waals surface area (Å²) in [5.41, 5.74) is 10.0. The van der Waals surface area contributed by atoms with Crippen LogP contribution in [-0.4, -0.2) is 18.7 Å². The fourth-order valence-electron chi connectivity index (χ4n) is 4.18. The van der Waals surface area contributed by atoms with E-state index in [0.717, 1.165) is 53.7 Å². The monoisotopic (exact) mass is 393 g/mol.